The molecule has 0 aliphatic rings. The van der Waals surface area contributed by atoms with Gasteiger partial charge in [-0.25, -0.2) is 0 Å². The Morgan fingerprint density at radius 3 is 2.64 bits per heavy atom. The van der Waals surface area contributed by atoms with Crippen LogP contribution < -0.4 is 0 Å². The van der Waals surface area contributed by atoms with Gasteiger partial charge in [0.15, 0.2) is 0 Å². The summed E-state index contributed by atoms with van der Waals surface area (Å²) in [5.74, 6) is 0.367. The number of hydrogen-bond donors (Lipinski definition) is 0. The quantitative estimate of drug-likeness (QED) is 0.445. The second kappa shape index (κ2) is 6.36. The molecule has 66 valence electrons. The molecule has 0 unspecified atom stereocenters. The van der Waals surface area contributed by atoms with Crippen molar-refractivity contribution >= 4 is 15.7 Å². The lowest BCUT2D eigenvalue weighted by Crippen LogP contribution is -2.13. The Morgan fingerprint density at radius 1 is 1.55 bits per heavy atom. The van der Waals surface area contributed by atoms with Crippen LogP contribution in [0.15, 0.2) is 0 Å². The summed E-state index contributed by atoms with van der Waals surface area (Å²) >= 11 is 0. The highest BCUT2D eigenvalue weighted by Gasteiger charge is 1.95. The highest BCUT2D eigenvalue weighted by Crippen LogP contribution is 1.90. The monoisotopic (exact) mass is 176 g/mol. The Labute approximate surface area is 70.0 Å². The van der Waals surface area contributed by atoms with Gasteiger partial charge in [-0.2, -0.15) is 0 Å². The van der Waals surface area contributed by atoms with Gasteiger partial charge < -0.3 is 9.16 Å². The van der Waals surface area contributed by atoms with E-state index in [0.29, 0.717) is 12.1 Å². The molecule has 0 aliphatic carbocycles. The standard InChI is InChI=1S/C7H16O3Si/c1-6(2)4-9-5-11-10-7(3)8/h6H,4-5,11H2,1-3H3. The Hall–Kier alpha value is -0.353. The molecule has 0 atom stereocenters. The molecule has 4 heteroatoms. The van der Waals surface area contributed by atoms with Crippen LogP contribution in [-0.2, 0) is 14.0 Å². The number of rotatable bonds is 5. The van der Waals surface area contributed by atoms with Crippen molar-refractivity contribution in [2.24, 2.45) is 5.92 Å². The SMILES string of the molecule is CC(=O)O[SiH2]COCC(C)C. The van der Waals surface area contributed by atoms with Crippen molar-refractivity contribution in [2.45, 2.75) is 20.8 Å². The largest absolute Gasteiger partial charge is 0.523 e. The fourth-order valence-corrected chi connectivity index (χ4v) is 1.22. The third kappa shape index (κ3) is 9.65. The second-order valence-electron chi connectivity index (χ2n) is 2.81. The lowest BCUT2D eigenvalue weighted by Gasteiger charge is -2.05. The molecule has 0 aromatic rings. The zero-order valence-corrected chi connectivity index (χ0v) is 8.84. The Balaban J connectivity index is 2.97. The van der Waals surface area contributed by atoms with E-state index in [4.69, 9.17) is 9.16 Å². The fourth-order valence-electron chi connectivity index (χ4n) is 0.563. The summed E-state index contributed by atoms with van der Waals surface area (Å²) in [6.45, 7) is 6.37. The van der Waals surface area contributed by atoms with Crippen LogP contribution in [0.3, 0.4) is 0 Å². The van der Waals surface area contributed by atoms with Crippen molar-refractivity contribution in [3.63, 3.8) is 0 Å². The van der Waals surface area contributed by atoms with Crippen molar-refractivity contribution in [2.75, 3.05) is 12.8 Å². The number of carbonyl (C=O) groups is 1. The first-order valence-electron chi connectivity index (χ1n) is 3.84. The molecule has 0 aromatic carbocycles. The molecule has 0 aliphatic heterocycles. The van der Waals surface area contributed by atoms with E-state index >= 15 is 0 Å². The van der Waals surface area contributed by atoms with E-state index in [1.807, 2.05) is 0 Å². The molecule has 0 fully saturated rings. The summed E-state index contributed by atoms with van der Waals surface area (Å²) in [5, 5.41) is 0. The van der Waals surface area contributed by atoms with Gasteiger partial charge in [0.1, 0.15) is 0 Å². The number of ether oxygens (including phenoxy) is 1. The third-order valence-electron chi connectivity index (χ3n) is 0.984. The summed E-state index contributed by atoms with van der Waals surface area (Å²) in [6, 6.07) is 0. The smallest absolute Gasteiger partial charge is 0.289 e. The van der Waals surface area contributed by atoms with E-state index < -0.39 is 9.76 Å². The van der Waals surface area contributed by atoms with Crippen LogP contribution >= 0.6 is 0 Å². The average Bonchev–Trinajstić information content (AvgIpc) is 1.85. The first-order chi connectivity index (χ1) is 5.13. The summed E-state index contributed by atoms with van der Waals surface area (Å²) < 4.78 is 10.0. The fraction of sp³-hybridized carbons (Fsp3) is 0.857. The summed E-state index contributed by atoms with van der Waals surface area (Å²) in [7, 11) is -0.751. The minimum atomic E-state index is -0.751. The molecule has 0 aromatic heterocycles. The highest BCUT2D eigenvalue weighted by molar-refractivity contribution is 6.30. The van der Waals surface area contributed by atoms with Crippen LogP contribution in [0.1, 0.15) is 20.8 Å². The molecule has 0 amide bonds. The van der Waals surface area contributed by atoms with E-state index in [9.17, 15) is 4.79 Å². The van der Waals surface area contributed by atoms with Crippen LogP contribution in [0.4, 0.5) is 0 Å². The maximum absolute atomic E-state index is 10.3. The molecule has 0 N–H and O–H groups in total. The van der Waals surface area contributed by atoms with Gasteiger partial charge in [-0.05, 0) is 5.92 Å². The van der Waals surface area contributed by atoms with Gasteiger partial charge >= 0.3 is 0 Å². The van der Waals surface area contributed by atoms with Crippen LogP contribution in [0.25, 0.3) is 0 Å². The van der Waals surface area contributed by atoms with E-state index in [1.165, 1.54) is 6.92 Å². The Kier molecular flexibility index (Phi) is 6.16. The Bertz CT molecular complexity index is 114. The van der Waals surface area contributed by atoms with E-state index in [1.54, 1.807) is 0 Å². The van der Waals surface area contributed by atoms with Crippen molar-refractivity contribution < 1.29 is 14.0 Å². The average molecular weight is 176 g/mol. The summed E-state index contributed by atoms with van der Waals surface area (Å²) in [4.78, 5) is 10.3. The third-order valence-corrected chi connectivity index (χ3v) is 2.05. The molecule has 0 spiro atoms. The minimum absolute atomic E-state index is 0.190. The molecule has 0 rings (SSSR count). The maximum Gasteiger partial charge on any atom is 0.289 e. The van der Waals surface area contributed by atoms with Gasteiger partial charge in [0.25, 0.3) is 5.97 Å². The predicted molar refractivity (Wildman–Crippen MR) is 46.0 cm³/mol. The molecular weight excluding hydrogens is 160 g/mol. The molecular formula is C7H16O3Si. The van der Waals surface area contributed by atoms with Crippen molar-refractivity contribution in [3.05, 3.63) is 0 Å². The maximum atomic E-state index is 10.3. The number of carbonyl (C=O) groups excluding carboxylic acids is 1. The van der Waals surface area contributed by atoms with E-state index in [-0.39, 0.29) is 5.97 Å². The van der Waals surface area contributed by atoms with Gasteiger partial charge in [0.05, 0.1) is 6.23 Å². The van der Waals surface area contributed by atoms with Crippen molar-refractivity contribution in [1.29, 1.82) is 0 Å². The molecule has 0 saturated heterocycles. The van der Waals surface area contributed by atoms with Crippen molar-refractivity contribution in [3.8, 4) is 0 Å². The zero-order valence-electron chi connectivity index (χ0n) is 7.42. The van der Waals surface area contributed by atoms with Gasteiger partial charge in [-0.1, -0.05) is 13.8 Å². The first kappa shape index (κ1) is 10.6. The van der Waals surface area contributed by atoms with Crippen LogP contribution in [0.2, 0.25) is 0 Å². The zero-order chi connectivity index (χ0) is 8.69. The normalized spacial score (nSPS) is 11.3. The Morgan fingerprint density at radius 2 is 2.18 bits per heavy atom. The summed E-state index contributed by atoms with van der Waals surface area (Å²) in [5.41, 5.74) is 0. The molecule has 0 heterocycles. The lowest BCUT2D eigenvalue weighted by atomic mass is 10.2. The minimum Gasteiger partial charge on any atom is -0.523 e. The summed E-state index contributed by atoms with van der Waals surface area (Å²) in [6.07, 6.45) is 0.637. The second-order valence-corrected chi connectivity index (χ2v) is 3.91. The van der Waals surface area contributed by atoms with E-state index in [0.717, 1.165) is 6.61 Å². The van der Waals surface area contributed by atoms with Gasteiger partial charge in [-0.3, -0.25) is 4.79 Å². The highest BCUT2D eigenvalue weighted by atomic mass is 28.2. The molecule has 11 heavy (non-hydrogen) atoms. The van der Waals surface area contributed by atoms with Gasteiger partial charge in [-0.15, -0.1) is 0 Å². The van der Waals surface area contributed by atoms with Crippen LogP contribution in [0, 0.1) is 5.92 Å². The molecule has 0 saturated carbocycles. The van der Waals surface area contributed by atoms with Crippen LogP contribution in [0.5, 0.6) is 0 Å². The molecule has 3 nitrogen and oxygen atoms in total. The van der Waals surface area contributed by atoms with Gasteiger partial charge in [0, 0.05) is 13.5 Å². The first-order valence-corrected chi connectivity index (χ1v) is 5.41. The molecule has 0 bridgehead atoms. The van der Waals surface area contributed by atoms with Crippen molar-refractivity contribution in [1.82, 2.24) is 0 Å². The molecule has 0 radical (unpaired) electrons. The lowest BCUT2D eigenvalue weighted by molar-refractivity contribution is -0.132. The van der Waals surface area contributed by atoms with Gasteiger partial charge in [0.2, 0.25) is 9.76 Å². The van der Waals surface area contributed by atoms with Crippen LogP contribution in [-0.4, -0.2) is 28.6 Å². The topological polar surface area (TPSA) is 35.5 Å². The number of hydrogen-bond acceptors (Lipinski definition) is 3. The predicted octanol–water partition coefficient (Wildman–Crippen LogP) is 0.263. The van der Waals surface area contributed by atoms with E-state index in [2.05, 4.69) is 13.8 Å².